The van der Waals surface area contributed by atoms with E-state index in [1.54, 1.807) is 6.92 Å². The lowest BCUT2D eigenvalue weighted by atomic mass is 9.95. The molecule has 2 amide bonds. The summed E-state index contributed by atoms with van der Waals surface area (Å²) in [7, 11) is 0. The highest BCUT2D eigenvalue weighted by Crippen LogP contribution is 2.38. The molecule has 2 N–H and O–H groups in total. The highest BCUT2D eigenvalue weighted by Gasteiger charge is 2.27. The standard InChI is InChI=1S/C21H25N3O4S/c1-3-27-16-11-7-5-9-14(16)13-22-24-21(26)23-19-18(20(25)28-4-2)15-10-6-8-12-17(15)29-19/h5,7,9,11,13H,3-4,6,8,10,12H2,1-2H3,(H2,23,24,26). The summed E-state index contributed by atoms with van der Waals surface area (Å²) in [5.41, 5.74) is 4.69. The number of carbonyl (C=O) groups excluding carboxylic acids is 2. The van der Waals surface area contributed by atoms with Crippen LogP contribution in [0.25, 0.3) is 0 Å². The fourth-order valence-corrected chi connectivity index (χ4v) is 4.51. The molecule has 2 aromatic rings. The van der Waals surface area contributed by atoms with Gasteiger partial charge in [0.15, 0.2) is 0 Å². The van der Waals surface area contributed by atoms with Crippen LogP contribution in [0.3, 0.4) is 0 Å². The van der Waals surface area contributed by atoms with Crippen molar-refractivity contribution < 1.29 is 19.1 Å². The maximum absolute atomic E-state index is 12.4. The molecule has 0 bridgehead atoms. The van der Waals surface area contributed by atoms with Gasteiger partial charge in [-0.2, -0.15) is 5.10 Å². The van der Waals surface area contributed by atoms with Gasteiger partial charge in [-0.25, -0.2) is 15.0 Å². The first kappa shape index (κ1) is 20.9. The number of esters is 1. The molecular weight excluding hydrogens is 390 g/mol. The molecule has 0 saturated heterocycles. The van der Waals surface area contributed by atoms with Crippen molar-refractivity contribution in [3.8, 4) is 5.75 Å². The molecule has 3 rings (SSSR count). The third kappa shape index (κ3) is 5.14. The monoisotopic (exact) mass is 415 g/mol. The summed E-state index contributed by atoms with van der Waals surface area (Å²) >= 11 is 1.44. The number of aryl methyl sites for hydroxylation is 1. The Kier molecular flexibility index (Phi) is 7.24. The summed E-state index contributed by atoms with van der Waals surface area (Å²) in [5.74, 6) is 0.299. The lowest BCUT2D eigenvalue weighted by molar-refractivity contribution is 0.0526. The minimum atomic E-state index is -0.515. The number of para-hydroxylation sites is 1. The zero-order chi connectivity index (χ0) is 20.6. The zero-order valence-electron chi connectivity index (χ0n) is 16.6. The van der Waals surface area contributed by atoms with E-state index in [9.17, 15) is 9.59 Å². The molecule has 0 fully saturated rings. The van der Waals surface area contributed by atoms with Crippen LogP contribution in [0.15, 0.2) is 29.4 Å². The van der Waals surface area contributed by atoms with Gasteiger partial charge in [-0.3, -0.25) is 5.32 Å². The molecule has 7 nitrogen and oxygen atoms in total. The van der Waals surface area contributed by atoms with E-state index in [1.165, 1.54) is 17.6 Å². The van der Waals surface area contributed by atoms with Gasteiger partial charge in [-0.1, -0.05) is 12.1 Å². The highest BCUT2D eigenvalue weighted by molar-refractivity contribution is 7.17. The Hall–Kier alpha value is -2.87. The zero-order valence-corrected chi connectivity index (χ0v) is 17.4. The minimum absolute atomic E-state index is 0.290. The van der Waals surface area contributed by atoms with Gasteiger partial charge in [-0.15, -0.1) is 11.3 Å². The predicted molar refractivity (Wildman–Crippen MR) is 114 cm³/mol. The van der Waals surface area contributed by atoms with Crippen LogP contribution in [-0.4, -0.2) is 31.4 Å². The van der Waals surface area contributed by atoms with Crippen molar-refractivity contribution in [3.63, 3.8) is 0 Å². The molecule has 0 unspecified atom stereocenters. The van der Waals surface area contributed by atoms with Crippen LogP contribution < -0.4 is 15.5 Å². The van der Waals surface area contributed by atoms with Crippen molar-refractivity contribution in [2.24, 2.45) is 5.10 Å². The number of fused-ring (bicyclic) bond motifs is 1. The Bertz CT molecular complexity index is 907. The number of hydrogen-bond donors (Lipinski definition) is 2. The average molecular weight is 416 g/mol. The third-order valence-electron chi connectivity index (χ3n) is 4.47. The normalized spacial score (nSPS) is 13.0. The molecule has 1 aromatic heterocycles. The van der Waals surface area contributed by atoms with Crippen molar-refractivity contribution in [1.82, 2.24) is 5.43 Å². The van der Waals surface area contributed by atoms with E-state index in [0.29, 0.717) is 29.5 Å². The Morgan fingerprint density at radius 2 is 1.97 bits per heavy atom. The van der Waals surface area contributed by atoms with E-state index in [0.717, 1.165) is 41.7 Å². The number of hydrazone groups is 1. The molecule has 154 valence electrons. The Labute approximate surface area is 174 Å². The Morgan fingerprint density at radius 3 is 2.76 bits per heavy atom. The summed E-state index contributed by atoms with van der Waals surface area (Å²) in [6.07, 6.45) is 5.39. The van der Waals surface area contributed by atoms with Gasteiger partial charge in [-0.05, 0) is 57.2 Å². The van der Waals surface area contributed by atoms with Crippen LogP contribution in [0.2, 0.25) is 0 Å². The van der Waals surface area contributed by atoms with Crippen LogP contribution >= 0.6 is 11.3 Å². The van der Waals surface area contributed by atoms with Gasteiger partial charge in [0.25, 0.3) is 0 Å². The predicted octanol–water partition coefficient (Wildman–Crippen LogP) is 4.36. The van der Waals surface area contributed by atoms with Crippen molar-refractivity contribution in [2.75, 3.05) is 18.5 Å². The van der Waals surface area contributed by atoms with E-state index in [-0.39, 0.29) is 0 Å². The van der Waals surface area contributed by atoms with Crippen molar-refractivity contribution >= 4 is 34.6 Å². The summed E-state index contributed by atoms with van der Waals surface area (Å²) in [6.45, 7) is 4.50. The van der Waals surface area contributed by atoms with Gasteiger partial charge in [0, 0.05) is 10.4 Å². The number of nitrogens with one attached hydrogen (secondary N) is 2. The second-order valence-corrected chi connectivity index (χ2v) is 7.54. The minimum Gasteiger partial charge on any atom is -0.493 e. The number of amides is 2. The van der Waals surface area contributed by atoms with E-state index in [1.807, 2.05) is 31.2 Å². The molecular formula is C21H25N3O4S. The molecule has 8 heteroatoms. The molecule has 1 aliphatic carbocycles. The topological polar surface area (TPSA) is 89.0 Å². The molecule has 0 aliphatic heterocycles. The molecule has 1 aromatic carbocycles. The number of anilines is 1. The van der Waals surface area contributed by atoms with Crippen molar-refractivity contribution in [3.05, 3.63) is 45.8 Å². The largest absolute Gasteiger partial charge is 0.493 e. The lowest BCUT2D eigenvalue weighted by Crippen LogP contribution is -2.25. The maximum Gasteiger partial charge on any atom is 0.341 e. The number of hydrogen-bond acceptors (Lipinski definition) is 6. The van der Waals surface area contributed by atoms with Gasteiger partial charge >= 0.3 is 12.0 Å². The molecule has 1 heterocycles. The van der Waals surface area contributed by atoms with Gasteiger partial charge in [0.1, 0.15) is 10.8 Å². The Balaban J connectivity index is 1.71. The first-order valence-electron chi connectivity index (χ1n) is 9.77. The number of ether oxygens (including phenoxy) is 2. The van der Waals surface area contributed by atoms with Crippen LogP contribution in [0, 0.1) is 0 Å². The van der Waals surface area contributed by atoms with E-state index >= 15 is 0 Å². The van der Waals surface area contributed by atoms with Crippen molar-refractivity contribution in [1.29, 1.82) is 0 Å². The summed E-state index contributed by atoms with van der Waals surface area (Å²) in [5, 5.41) is 7.26. The SMILES string of the molecule is CCOC(=O)c1c(NC(=O)NN=Cc2ccccc2OCC)sc2c1CCCC2. The van der Waals surface area contributed by atoms with E-state index in [4.69, 9.17) is 9.47 Å². The molecule has 0 radical (unpaired) electrons. The quantitative estimate of drug-likeness (QED) is 0.399. The number of benzene rings is 1. The fraction of sp³-hybridized carbons (Fsp3) is 0.381. The first-order chi connectivity index (χ1) is 14.1. The average Bonchev–Trinajstić information content (AvgIpc) is 3.07. The molecule has 0 spiro atoms. The second kappa shape index (κ2) is 10.1. The number of carbonyl (C=O) groups is 2. The van der Waals surface area contributed by atoms with Gasteiger partial charge in [0.2, 0.25) is 0 Å². The maximum atomic E-state index is 12.4. The molecule has 0 atom stereocenters. The molecule has 1 aliphatic rings. The summed E-state index contributed by atoms with van der Waals surface area (Å²) < 4.78 is 10.7. The van der Waals surface area contributed by atoms with Gasteiger partial charge in [0.05, 0.1) is 25.0 Å². The van der Waals surface area contributed by atoms with Crippen LogP contribution in [0.5, 0.6) is 5.75 Å². The summed E-state index contributed by atoms with van der Waals surface area (Å²) in [6, 6.07) is 6.91. The lowest BCUT2D eigenvalue weighted by Gasteiger charge is -2.12. The number of urea groups is 1. The number of thiophene rings is 1. The summed E-state index contributed by atoms with van der Waals surface area (Å²) in [4.78, 5) is 25.9. The molecule has 0 saturated carbocycles. The van der Waals surface area contributed by atoms with Crippen LogP contribution in [0.1, 0.15) is 53.1 Å². The number of rotatable bonds is 7. The highest BCUT2D eigenvalue weighted by atomic mass is 32.1. The van der Waals surface area contributed by atoms with E-state index < -0.39 is 12.0 Å². The van der Waals surface area contributed by atoms with Crippen LogP contribution in [0.4, 0.5) is 9.80 Å². The van der Waals surface area contributed by atoms with Crippen LogP contribution in [-0.2, 0) is 17.6 Å². The second-order valence-electron chi connectivity index (χ2n) is 6.43. The van der Waals surface area contributed by atoms with Gasteiger partial charge < -0.3 is 9.47 Å². The van der Waals surface area contributed by atoms with Crippen molar-refractivity contribution in [2.45, 2.75) is 39.5 Å². The molecule has 29 heavy (non-hydrogen) atoms. The Morgan fingerprint density at radius 1 is 1.17 bits per heavy atom. The third-order valence-corrected chi connectivity index (χ3v) is 5.67. The first-order valence-corrected chi connectivity index (χ1v) is 10.6. The number of nitrogens with zero attached hydrogens (tertiary/aromatic N) is 1. The smallest absolute Gasteiger partial charge is 0.341 e. The fourth-order valence-electron chi connectivity index (χ4n) is 3.24. The van der Waals surface area contributed by atoms with E-state index in [2.05, 4.69) is 15.8 Å².